The molecule has 1 aromatic rings. The van der Waals surface area contributed by atoms with E-state index in [1.165, 1.54) is 30.5 Å². The van der Waals surface area contributed by atoms with E-state index in [0.717, 1.165) is 58.1 Å². The van der Waals surface area contributed by atoms with Gasteiger partial charge in [0.2, 0.25) is 5.91 Å². The lowest BCUT2D eigenvalue weighted by Crippen LogP contribution is -2.59. The summed E-state index contributed by atoms with van der Waals surface area (Å²) in [4.78, 5) is 27.5. The Labute approximate surface area is 192 Å². The zero-order chi connectivity index (χ0) is 22.2. The highest BCUT2D eigenvalue weighted by atomic mass is 16.5. The fourth-order valence-electron chi connectivity index (χ4n) is 6.18. The van der Waals surface area contributed by atoms with Crippen LogP contribution in [0.4, 0.5) is 5.82 Å². The minimum absolute atomic E-state index is 0.233. The Morgan fingerprint density at radius 1 is 1.06 bits per heavy atom. The number of amides is 1. The van der Waals surface area contributed by atoms with Gasteiger partial charge >= 0.3 is 0 Å². The number of piperidine rings is 1. The average Bonchev–Trinajstić information content (AvgIpc) is 2.78. The van der Waals surface area contributed by atoms with E-state index in [0.29, 0.717) is 24.5 Å². The monoisotopic (exact) mass is 441 g/mol. The summed E-state index contributed by atoms with van der Waals surface area (Å²) >= 11 is 0. The number of piperazine rings is 1. The van der Waals surface area contributed by atoms with Crippen molar-refractivity contribution in [2.75, 3.05) is 50.7 Å². The van der Waals surface area contributed by atoms with Crippen LogP contribution in [0, 0.1) is 0 Å². The van der Waals surface area contributed by atoms with Gasteiger partial charge in [0.15, 0.2) is 0 Å². The maximum Gasteiger partial charge on any atom is 0.236 e. The molecule has 0 aromatic carbocycles. The van der Waals surface area contributed by atoms with Crippen LogP contribution >= 0.6 is 0 Å². The van der Waals surface area contributed by atoms with Crippen LogP contribution in [-0.4, -0.2) is 95.7 Å². The Morgan fingerprint density at radius 3 is 2.69 bits per heavy atom. The Bertz CT molecular complexity index is 823. The number of rotatable bonds is 3. The minimum Gasteiger partial charge on any atom is -0.372 e. The number of anilines is 1. The molecule has 7 heteroatoms. The average molecular weight is 442 g/mol. The molecule has 0 saturated carbocycles. The summed E-state index contributed by atoms with van der Waals surface area (Å²) in [6.45, 7) is 13.5. The predicted molar refractivity (Wildman–Crippen MR) is 126 cm³/mol. The van der Waals surface area contributed by atoms with E-state index < -0.39 is 0 Å². The van der Waals surface area contributed by atoms with Crippen molar-refractivity contribution in [1.82, 2.24) is 19.7 Å². The number of morpholine rings is 1. The molecule has 0 spiro atoms. The topological polar surface area (TPSA) is 52.2 Å². The molecule has 176 valence electrons. The van der Waals surface area contributed by atoms with E-state index >= 15 is 0 Å². The molecule has 3 saturated heterocycles. The molecule has 0 N–H and O–H groups in total. The van der Waals surface area contributed by atoms with Crippen LogP contribution in [0.2, 0.25) is 0 Å². The fraction of sp³-hybridized carbons (Fsp3) is 0.760. The standard InChI is InChI=1S/C25H39N5O2/c1-18-5-4-6-22-16-28(11-12-30(18)22)25(31)17-27-10-9-23-21(15-27)7-8-24(26-23)29-13-19(2)32-20(3)14-29/h7-8,18-20,22H,4-6,9-17H2,1-3H3/t18?,19?,20?,22-/m0/s1. The van der Waals surface area contributed by atoms with Gasteiger partial charge in [0.1, 0.15) is 5.82 Å². The van der Waals surface area contributed by atoms with Crippen molar-refractivity contribution in [3.63, 3.8) is 0 Å². The molecule has 0 bridgehead atoms. The highest BCUT2D eigenvalue weighted by molar-refractivity contribution is 5.78. The highest BCUT2D eigenvalue weighted by Gasteiger charge is 2.35. The molecule has 4 aliphatic heterocycles. The molecule has 3 unspecified atom stereocenters. The Balaban J connectivity index is 1.17. The molecule has 3 fully saturated rings. The first kappa shape index (κ1) is 22.1. The van der Waals surface area contributed by atoms with Gasteiger partial charge in [0.25, 0.3) is 0 Å². The van der Waals surface area contributed by atoms with E-state index in [-0.39, 0.29) is 12.2 Å². The Morgan fingerprint density at radius 2 is 1.88 bits per heavy atom. The minimum atomic E-state index is 0.233. The largest absolute Gasteiger partial charge is 0.372 e. The first-order valence-corrected chi connectivity index (χ1v) is 12.6. The zero-order valence-corrected chi connectivity index (χ0v) is 20.0. The van der Waals surface area contributed by atoms with Gasteiger partial charge in [0.05, 0.1) is 18.8 Å². The quantitative estimate of drug-likeness (QED) is 0.716. The lowest BCUT2D eigenvalue weighted by atomic mass is 9.94. The number of carbonyl (C=O) groups excluding carboxylic acids is 1. The molecule has 5 heterocycles. The number of aromatic nitrogens is 1. The summed E-state index contributed by atoms with van der Waals surface area (Å²) in [6, 6.07) is 5.61. The SMILES string of the molecule is CC1CN(c2ccc3c(n2)CCN(CC(=O)N2CCN4C(C)CCC[C@H]4C2)C3)CC(C)O1. The van der Waals surface area contributed by atoms with E-state index in [9.17, 15) is 4.79 Å². The summed E-state index contributed by atoms with van der Waals surface area (Å²) in [6.07, 6.45) is 5.22. The molecule has 0 radical (unpaired) electrons. The number of fused-ring (bicyclic) bond motifs is 2. The van der Waals surface area contributed by atoms with Crippen LogP contribution < -0.4 is 4.90 Å². The third-order valence-corrected chi connectivity index (χ3v) is 7.82. The number of hydrogen-bond donors (Lipinski definition) is 0. The van der Waals surface area contributed by atoms with Gasteiger partial charge in [-0.05, 0) is 45.2 Å². The number of carbonyl (C=O) groups is 1. The van der Waals surface area contributed by atoms with Gasteiger partial charge in [-0.2, -0.15) is 0 Å². The lowest BCUT2D eigenvalue weighted by molar-refractivity contribution is -0.137. The van der Waals surface area contributed by atoms with Crippen molar-refractivity contribution in [3.05, 3.63) is 23.4 Å². The number of ether oxygens (including phenoxy) is 1. The summed E-state index contributed by atoms with van der Waals surface area (Å²) in [7, 11) is 0. The molecule has 4 atom stereocenters. The van der Waals surface area contributed by atoms with E-state index in [4.69, 9.17) is 9.72 Å². The fourth-order valence-corrected chi connectivity index (χ4v) is 6.18. The maximum atomic E-state index is 13.1. The third-order valence-electron chi connectivity index (χ3n) is 7.82. The summed E-state index contributed by atoms with van der Waals surface area (Å²) < 4.78 is 5.87. The molecule has 7 nitrogen and oxygen atoms in total. The second-order valence-corrected chi connectivity index (χ2v) is 10.4. The summed E-state index contributed by atoms with van der Waals surface area (Å²) in [5, 5.41) is 0. The Hall–Kier alpha value is -1.70. The Kier molecular flexibility index (Phi) is 6.41. The molecular weight excluding hydrogens is 402 g/mol. The van der Waals surface area contributed by atoms with Crippen molar-refractivity contribution >= 4 is 11.7 Å². The molecule has 32 heavy (non-hydrogen) atoms. The summed E-state index contributed by atoms with van der Waals surface area (Å²) in [5.41, 5.74) is 2.47. The van der Waals surface area contributed by atoms with Crippen LogP contribution in [0.5, 0.6) is 0 Å². The first-order chi connectivity index (χ1) is 15.5. The van der Waals surface area contributed by atoms with Crippen LogP contribution in [0.1, 0.15) is 51.3 Å². The maximum absolute atomic E-state index is 13.1. The van der Waals surface area contributed by atoms with Gasteiger partial charge in [-0.15, -0.1) is 0 Å². The van der Waals surface area contributed by atoms with E-state index in [1.54, 1.807) is 0 Å². The molecule has 4 aliphatic rings. The van der Waals surface area contributed by atoms with Crippen molar-refractivity contribution in [2.24, 2.45) is 0 Å². The van der Waals surface area contributed by atoms with E-state index in [1.807, 2.05) is 0 Å². The van der Waals surface area contributed by atoms with E-state index in [2.05, 4.69) is 52.5 Å². The molecule has 5 rings (SSSR count). The number of nitrogens with zero attached hydrogens (tertiary/aromatic N) is 5. The zero-order valence-electron chi connectivity index (χ0n) is 20.0. The van der Waals surface area contributed by atoms with Gasteiger partial charge in [-0.3, -0.25) is 14.6 Å². The first-order valence-electron chi connectivity index (χ1n) is 12.6. The molecule has 0 aliphatic carbocycles. The molecule has 1 aromatic heterocycles. The van der Waals surface area contributed by atoms with Crippen molar-refractivity contribution in [3.8, 4) is 0 Å². The van der Waals surface area contributed by atoms with Gasteiger partial charge in [-0.1, -0.05) is 12.5 Å². The van der Waals surface area contributed by atoms with Crippen molar-refractivity contribution in [1.29, 1.82) is 0 Å². The lowest BCUT2D eigenvalue weighted by Gasteiger charge is -2.47. The second kappa shape index (κ2) is 9.27. The third kappa shape index (κ3) is 4.66. The summed E-state index contributed by atoms with van der Waals surface area (Å²) in [5.74, 6) is 1.36. The van der Waals surface area contributed by atoms with Gasteiger partial charge in [0, 0.05) is 70.0 Å². The highest BCUT2D eigenvalue weighted by Crippen LogP contribution is 2.27. The number of pyridine rings is 1. The van der Waals surface area contributed by atoms with Crippen LogP contribution in [0.3, 0.4) is 0 Å². The van der Waals surface area contributed by atoms with Crippen LogP contribution in [0.15, 0.2) is 12.1 Å². The number of hydrogen-bond acceptors (Lipinski definition) is 6. The normalized spacial score (nSPS) is 31.8. The van der Waals surface area contributed by atoms with Crippen molar-refractivity contribution < 1.29 is 9.53 Å². The molecule has 1 amide bonds. The predicted octanol–water partition coefficient (Wildman–Crippen LogP) is 2.14. The van der Waals surface area contributed by atoms with Gasteiger partial charge in [-0.25, -0.2) is 4.98 Å². The van der Waals surface area contributed by atoms with Crippen molar-refractivity contribution in [2.45, 2.75) is 77.3 Å². The molecular formula is C25H39N5O2. The smallest absolute Gasteiger partial charge is 0.236 e. The van der Waals surface area contributed by atoms with Crippen LogP contribution in [-0.2, 0) is 22.5 Å². The van der Waals surface area contributed by atoms with Crippen LogP contribution in [0.25, 0.3) is 0 Å². The second-order valence-electron chi connectivity index (χ2n) is 10.4. The van der Waals surface area contributed by atoms with Gasteiger partial charge < -0.3 is 14.5 Å².